The van der Waals surface area contributed by atoms with Crippen LogP contribution in [0.4, 0.5) is 14.5 Å². The lowest BCUT2D eigenvalue weighted by atomic mass is 10.1. The molecule has 2 aromatic heterocycles. The van der Waals surface area contributed by atoms with E-state index in [-0.39, 0.29) is 16.9 Å². The maximum Gasteiger partial charge on any atom is 0.261 e. The van der Waals surface area contributed by atoms with Crippen LogP contribution in [0.2, 0.25) is 0 Å². The van der Waals surface area contributed by atoms with E-state index < -0.39 is 18.5 Å². The fourth-order valence-corrected chi connectivity index (χ4v) is 3.52. The summed E-state index contributed by atoms with van der Waals surface area (Å²) in [6.07, 6.45) is -0.0785. The zero-order valence-electron chi connectivity index (χ0n) is 15.9. The topological polar surface area (TPSA) is 91.3 Å². The Labute approximate surface area is 169 Å². The van der Waals surface area contributed by atoms with Crippen molar-refractivity contribution in [1.29, 1.82) is 0 Å². The predicted octanol–water partition coefficient (Wildman–Crippen LogP) is 1.31. The first kappa shape index (κ1) is 19.7. The molecule has 1 aromatic carbocycles. The maximum atomic E-state index is 12.6. The molecule has 30 heavy (non-hydrogen) atoms. The highest BCUT2D eigenvalue weighted by Gasteiger charge is 2.23. The summed E-state index contributed by atoms with van der Waals surface area (Å²) in [4.78, 5) is 46.5. The van der Waals surface area contributed by atoms with E-state index >= 15 is 0 Å². The number of rotatable bonds is 4. The van der Waals surface area contributed by atoms with Gasteiger partial charge >= 0.3 is 0 Å². The lowest BCUT2D eigenvalue weighted by Crippen LogP contribution is -2.48. The van der Waals surface area contributed by atoms with Crippen molar-refractivity contribution in [3.05, 3.63) is 69.1 Å². The molecule has 0 spiro atoms. The van der Waals surface area contributed by atoms with Crippen molar-refractivity contribution in [3.63, 3.8) is 0 Å². The zero-order valence-corrected chi connectivity index (χ0v) is 15.9. The van der Waals surface area contributed by atoms with Gasteiger partial charge in [-0.1, -0.05) is 0 Å². The fraction of sp³-hybridized carbons (Fsp3) is 0.300. The standard InChI is InChI=1S/C20H19F2N5O3/c21-17(22)11-27-12-24-16-9-14(2-3-15(16)20(27)30)25-5-7-26(8-6-25)19(29)13-1-4-18(28)23-10-13/h1-4,9-10,12,17H,5-8,11H2,(H,23,28). The lowest BCUT2D eigenvalue weighted by molar-refractivity contribution is 0.0746. The summed E-state index contributed by atoms with van der Waals surface area (Å²) >= 11 is 0. The van der Waals surface area contributed by atoms with Crippen LogP contribution in [-0.4, -0.2) is 57.9 Å². The second-order valence-corrected chi connectivity index (χ2v) is 7.02. The normalized spacial score (nSPS) is 14.5. The summed E-state index contributed by atoms with van der Waals surface area (Å²) < 4.78 is 26.1. The minimum absolute atomic E-state index is 0.148. The molecule has 1 saturated heterocycles. The number of nitrogens with zero attached hydrogens (tertiary/aromatic N) is 4. The fourth-order valence-electron chi connectivity index (χ4n) is 3.52. The van der Waals surface area contributed by atoms with Crippen molar-refractivity contribution in [2.45, 2.75) is 13.0 Å². The van der Waals surface area contributed by atoms with Gasteiger partial charge in [0.2, 0.25) is 5.56 Å². The number of aromatic nitrogens is 3. The largest absolute Gasteiger partial charge is 0.368 e. The van der Waals surface area contributed by atoms with Crippen molar-refractivity contribution >= 4 is 22.5 Å². The van der Waals surface area contributed by atoms with E-state index in [0.29, 0.717) is 37.3 Å². The molecule has 1 amide bonds. The van der Waals surface area contributed by atoms with Crippen LogP contribution in [-0.2, 0) is 6.54 Å². The van der Waals surface area contributed by atoms with Crippen LogP contribution in [0.1, 0.15) is 10.4 Å². The monoisotopic (exact) mass is 415 g/mol. The quantitative estimate of drug-likeness (QED) is 0.694. The van der Waals surface area contributed by atoms with Gasteiger partial charge in [0.1, 0.15) is 0 Å². The molecule has 1 fully saturated rings. The number of hydrogen-bond donors (Lipinski definition) is 1. The molecule has 0 atom stereocenters. The molecule has 0 radical (unpaired) electrons. The Morgan fingerprint density at radius 3 is 2.53 bits per heavy atom. The van der Waals surface area contributed by atoms with Crippen LogP contribution in [0, 0.1) is 0 Å². The number of nitrogens with one attached hydrogen (secondary N) is 1. The summed E-state index contributed by atoms with van der Waals surface area (Å²) in [5, 5.41) is 0.286. The van der Waals surface area contributed by atoms with Gasteiger partial charge in [0.25, 0.3) is 17.9 Å². The van der Waals surface area contributed by atoms with E-state index in [4.69, 9.17) is 0 Å². The molecule has 4 rings (SSSR count). The first-order valence-corrected chi connectivity index (χ1v) is 9.43. The summed E-state index contributed by atoms with van der Waals surface area (Å²) in [7, 11) is 0. The van der Waals surface area contributed by atoms with Crippen molar-refractivity contribution < 1.29 is 13.6 Å². The number of amides is 1. The molecule has 3 aromatic rings. The molecule has 0 bridgehead atoms. The second-order valence-electron chi connectivity index (χ2n) is 7.02. The van der Waals surface area contributed by atoms with Crippen LogP contribution >= 0.6 is 0 Å². The molecule has 1 aliphatic rings. The van der Waals surface area contributed by atoms with Gasteiger partial charge in [0.15, 0.2) is 0 Å². The van der Waals surface area contributed by atoms with Crippen molar-refractivity contribution in [1.82, 2.24) is 19.4 Å². The van der Waals surface area contributed by atoms with E-state index in [2.05, 4.69) is 14.9 Å². The van der Waals surface area contributed by atoms with Crippen molar-refractivity contribution in [2.75, 3.05) is 31.1 Å². The Hall–Kier alpha value is -3.56. The molecule has 10 heteroatoms. The summed E-state index contributed by atoms with van der Waals surface area (Å²) in [6, 6.07) is 7.93. The van der Waals surface area contributed by atoms with E-state index in [1.54, 1.807) is 23.1 Å². The van der Waals surface area contributed by atoms with Gasteiger partial charge < -0.3 is 14.8 Å². The molecule has 0 unspecified atom stereocenters. The maximum absolute atomic E-state index is 12.6. The van der Waals surface area contributed by atoms with Gasteiger partial charge in [-0.2, -0.15) is 0 Å². The van der Waals surface area contributed by atoms with Gasteiger partial charge in [-0.25, -0.2) is 13.8 Å². The Balaban J connectivity index is 1.48. The number of carbonyl (C=O) groups is 1. The molecule has 156 valence electrons. The van der Waals surface area contributed by atoms with E-state index in [0.717, 1.165) is 16.6 Å². The lowest BCUT2D eigenvalue weighted by Gasteiger charge is -2.36. The third-order valence-electron chi connectivity index (χ3n) is 5.11. The third kappa shape index (κ3) is 3.93. The van der Waals surface area contributed by atoms with Gasteiger partial charge in [-0.15, -0.1) is 0 Å². The molecule has 0 aliphatic carbocycles. The van der Waals surface area contributed by atoms with Crippen molar-refractivity contribution in [2.24, 2.45) is 0 Å². The summed E-state index contributed by atoms with van der Waals surface area (Å²) in [5.41, 5.74) is 0.954. The highest BCUT2D eigenvalue weighted by atomic mass is 19.3. The SMILES string of the molecule is O=C(c1ccc(=O)[nH]c1)N1CCN(c2ccc3c(=O)n(CC(F)F)cnc3c2)CC1. The Kier molecular flexibility index (Phi) is 5.30. The highest BCUT2D eigenvalue weighted by molar-refractivity contribution is 5.94. The Morgan fingerprint density at radius 1 is 1.10 bits per heavy atom. The van der Waals surface area contributed by atoms with E-state index in [1.807, 2.05) is 0 Å². The van der Waals surface area contributed by atoms with Crippen LogP contribution in [0.15, 0.2) is 52.4 Å². The van der Waals surface area contributed by atoms with Crippen LogP contribution < -0.4 is 16.0 Å². The van der Waals surface area contributed by atoms with Crippen molar-refractivity contribution in [3.8, 4) is 0 Å². The van der Waals surface area contributed by atoms with Gasteiger partial charge in [0.05, 0.1) is 29.3 Å². The van der Waals surface area contributed by atoms with Crippen LogP contribution in [0.5, 0.6) is 0 Å². The number of H-pyrrole nitrogens is 1. The Morgan fingerprint density at radius 2 is 1.87 bits per heavy atom. The molecular formula is C20H19F2N5O3. The third-order valence-corrected chi connectivity index (χ3v) is 5.11. The Bertz CT molecular complexity index is 1180. The van der Waals surface area contributed by atoms with E-state index in [9.17, 15) is 23.2 Å². The summed E-state index contributed by atoms with van der Waals surface area (Å²) in [6.45, 7) is 1.49. The van der Waals surface area contributed by atoms with Crippen LogP contribution in [0.25, 0.3) is 10.9 Å². The molecule has 3 heterocycles. The van der Waals surface area contributed by atoms with Gasteiger partial charge in [-0.05, 0) is 24.3 Å². The highest BCUT2D eigenvalue weighted by Crippen LogP contribution is 2.21. The van der Waals surface area contributed by atoms with Crippen LogP contribution in [0.3, 0.4) is 0 Å². The second kappa shape index (κ2) is 8.05. The van der Waals surface area contributed by atoms with E-state index in [1.165, 1.54) is 18.3 Å². The number of carbonyl (C=O) groups excluding carboxylic acids is 1. The zero-order chi connectivity index (χ0) is 21.3. The molecule has 1 N–H and O–H groups in total. The average molecular weight is 415 g/mol. The smallest absolute Gasteiger partial charge is 0.261 e. The molecular weight excluding hydrogens is 396 g/mol. The number of fused-ring (bicyclic) bond motifs is 1. The molecule has 0 saturated carbocycles. The minimum atomic E-state index is -2.63. The minimum Gasteiger partial charge on any atom is -0.368 e. The number of aromatic amines is 1. The number of hydrogen-bond acceptors (Lipinski definition) is 5. The first-order valence-electron chi connectivity index (χ1n) is 9.43. The van der Waals surface area contributed by atoms with Gasteiger partial charge in [-0.3, -0.25) is 19.0 Å². The first-order chi connectivity index (χ1) is 14.4. The molecule has 8 nitrogen and oxygen atoms in total. The molecule has 1 aliphatic heterocycles. The van der Waals surface area contributed by atoms with Gasteiger partial charge in [0, 0.05) is 44.1 Å². The number of pyridine rings is 1. The number of alkyl halides is 2. The number of benzene rings is 1. The number of halogens is 2. The summed E-state index contributed by atoms with van der Waals surface area (Å²) in [5.74, 6) is -0.148. The predicted molar refractivity (Wildman–Crippen MR) is 107 cm³/mol. The number of piperazine rings is 1. The number of anilines is 1. The average Bonchev–Trinajstić information content (AvgIpc) is 2.75.